The molecule has 0 saturated heterocycles. The Bertz CT molecular complexity index is 951. The smallest absolute Gasteiger partial charge is 0.261 e. The van der Waals surface area contributed by atoms with E-state index < -0.39 is 5.72 Å². The SMILES string of the molecule is CN(C)c1ccc(C2(O)c3ccccc3C(=O)N2c2ccccc2)cc1. The van der Waals surface area contributed by atoms with Gasteiger partial charge in [0.2, 0.25) is 0 Å². The van der Waals surface area contributed by atoms with Crippen molar-refractivity contribution < 1.29 is 9.90 Å². The molecule has 3 aromatic rings. The third-order valence-electron chi connectivity index (χ3n) is 4.86. The Balaban J connectivity index is 1.93. The quantitative estimate of drug-likeness (QED) is 0.789. The predicted octanol–water partition coefficient (Wildman–Crippen LogP) is 3.61. The molecule has 0 saturated carbocycles. The van der Waals surface area contributed by atoms with Crippen molar-refractivity contribution in [2.45, 2.75) is 5.72 Å². The number of hydrogen-bond donors (Lipinski definition) is 1. The lowest BCUT2D eigenvalue weighted by Crippen LogP contribution is -2.45. The standard InChI is InChI=1S/C22H20N2O2/c1-23(2)17-14-12-16(13-15-17)22(26)20-11-7-6-10-19(20)21(25)24(22)18-8-4-3-5-9-18/h3-15,26H,1-2H3. The number of hydrogen-bond acceptors (Lipinski definition) is 3. The van der Waals surface area contributed by atoms with Crippen LogP contribution in [0.15, 0.2) is 78.9 Å². The van der Waals surface area contributed by atoms with Gasteiger partial charge in [0.25, 0.3) is 5.91 Å². The number of carbonyl (C=O) groups is 1. The largest absolute Gasteiger partial charge is 0.378 e. The van der Waals surface area contributed by atoms with Crippen molar-refractivity contribution in [2.24, 2.45) is 0 Å². The van der Waals surface area contributed by atoms with Crippen LogP contribution in [0.25, 0.3) is 0 Å². The topological polar surface area (TPSA) is 43.8 Å². The summed E-state index contributed by atoms with van der Waals surface area (Å²) in [6.07, 6.45) is 0. The van der Waals surface area contributed by atoms with Gasteiger partial charge in [0.1, 0.15) is 0 Å². The lowest BCUT2D eigenvalue weighted by atomic mass is 9.93. The fourth-order valence-corrected chi connectivity index (χ4v) is 3.52. The number of aliphatic hydroxyl groups is 1. The fraction of sp³-hybridized carbons (Fsp3) is 0.136. The lowest BCUT2D eigenvalue weighted by molar-refractivity contribution is 0.0703. The highest BCUT2D eigenvalue weighted by Gasteiger charge is 2.50. The second-order valence-electron chi connectivity index (χ2n) is 6.64. The highest BCUT2D eigenvalue weighted by molar-refractivity contribution is 6.12. The van der Waals surface area contributed by atoms with Gasteiger partial charge in [-0.15, -0.1) is 0 Å². The first-order chi connectivity index (χ1) is 12.5. The summed E-state index contributed by atoms with van der Waals surface area (Å²) in [4.78, 5) is 16.6. The number of rotatable bonds is 3. The first kappa shape index (κ1) is 16.4. The lowest BCUT2D eigenvalue weighted by Gasteiger charge is -2.35. The van der Waals surface area contributed by atoms with E-state index in [2.05, 4.69) is 0 Å². The number of benzene rings is 3. The van der Waals surface area contributed by atoms with Crippen LogP contribution >= 0.6 is 0 Å². The summed E-state index contributed by atoms with van der Waals surface area (Å²) in [6, 6.07) is 24.2. The maximum atomic E-state index is 13.1. The van der Waals surface area contributed by atoms with Gasteiger partial charge < -0.3 is 10.0 Å². The summed E-state index contributed by atoms with van der Waals surface area (Å²) >= 11 is 0. The van der Waals surface area contributed by atoms with E-state index in [1.54, 1.807) is 6.07 Å². The second kappa shape index (κ2) is 6.00. The summed E-state index contributed by atoms with van der Waals surface area (Å²) < 4.78 is 0. The van der Waals surface area contributed by atoms with E-state index in [1.807, 2.05) is 91.8 Å². The molecule has 0 spiro atoms. The minimum Gasteiger partial charge on any atom is -0.378 e. The Morgan fingerprint density at radius 3 is 2.12 bits per heavy atom. The van der Waals surface area contributed by atoms with Gasteiger partial charge in [-0.3, -0.25) is 9.69 Å². The summed E-state index contributed by atoms with van der Waals surface area (Å²) in [5.74, 6) is -0.203. The first-order valence-electron chi connectivity index (χ1n) is 8.53. The van der Waals surface area contributed by atoms with Crippen LogP contribution < -0.4 is 9.80 Å². The molecule has 1 atom stereocenters. The number of amides is 1. The van der Waals surface area contributed by atoms with Gasteiger partial charge in [0, 0.05) is 42.2 Å². The van der Waals surface area contributed by atoms with E-state index >= 15 is 0 Å². The third kappa shape index (κ3) is 2.30. The van der Waals surface area contributed by atoms with Crippen molar-refractivity contribution >= 4 is 17.3 Å². The monoisotopic (exact) mass is 344 g/mol. The van der Waals surface area contributed by atoms with Gasteiger partial charge in [-0.1, -0.05) is 48.5 Å². The van der Waals surface area contributed by atoms with Crippen LogP contribution in [0, 0.1) is 0 Å². The van der Waals surface area contributed by atoms with Crippen molar-refractivity contribution in [2.75, 3.05) is 23.9 Å². The van der Waals surface area contributed by atoms with Crippen molar-refractivity contribution in [3.63, 3.8) is 0 Å². The van der Waals surface area contributed by atoms with Gasteiger partial charge in [0.05, 0.1) is 0 Å². The van der Waals surface area contributed by atoms with E-state index in [0.717, 1.165) is 5.69 Å². The molecule has 0 fully saturated rings. The number of carbonyl (C=O) groups excluding carboxylic acids is 1. The van der Waals surface area contributed by atoms with E-state index in [1.165, 1.54) is 4.90 Å². The Kier molecular flexibility index (Phi) is 3.78. The van der Waals surface area contributed by atoms with Crippen LogP contribution in [0.3, 0.4) is 0 Å². The summed E-state index contributed by atoms with van der Waals surface area (Å²) in [5, 5.41) is 11.8. The van der Waals surface area contributed by atoms with E-state index in [-0.39, 0.29) is 5.91 Å². The normalized spacial score (nSPS) is 18.7. The van der Waals surface area contributed by atoms with Crippen molar-refractivity contribution in [3.8, 4) is 0 Å². The highest BCUT2D eigenvalue weighted by atomic mass is 16.3. The zero-order chi connectivity index (χ0) is 18.3. The Morgan fingerprint density at radius 2 is 1.46 bits per heavy atom. The van der Waals surface area contributed by atoms with Crippen molar-refractivity contribution in [3.05, 3.63) is 95.6 Å². The number of fused-ring (bicyclic) bond motifs is 1. The maximum Gasteiger partial charge on any atom is 0.261 e. The number of anilines is 2. The molecule has 4 rings (SSSR count). The molecule has 1 aliphatic rings. The van der Waals surface area contributed by atoms with Crippen molar-refractivity contribution in [1.82, 2.24) is 0 Å². The van der Waals surface area contributed by atoms with E-state index in [0.29, 0.717) is 22.4 Å². The fourth-order valence-electron chi connectivity index (χ4n) is 3.52. The van der Waals surface area contributed by atoms with Crippen LogP contribution in [0.1, 0.15) is 21.5 Å². The maximum absolute atomic E-state index is 13.1. The molecular weight excluding hydrogens is 324 g/mol. The van der Waals surface area contributed by atoms with Crippen LogP contribution in [0.5, 0.6) is 0 Å². The van der Waals surface area contributed by atoms with Gasteiger partial charge in [0.15, 0.2) is 5.72 Å². The molecule has 130 valence electrons. The van der Waals surface area contributed by atoms with Gasteiger partial charge in [-0.05, 0) is 30.3 Å². The molecular formula is C22H20N2O2. The third-order valence-corrected chi connectivity index (χ3v) is 4.86. The molecule has 1 heterocycles. The zero-order valence-corrected chi connectivity index (χ0v) is 14.8. The molecule has 0 aliphatic carbocycles. The summed E-state index contributed by atoms with van der Waals surface area (Å²) in [6.45, 7) is 0. The Labute approximate surface area is 152 Å². The van der Waals surface area contributed by atoms with Gasteiger partial charge >= 0.3 is 0 Å². The molecule has 0 bridgehead atoms. The van der Waals surface area contributed by atoms with E-state index in [9.17, 15) is 9.90 Å². The molecule has 1 N–H and O–H groups in total. The van der Waals surface area contributed by atoms with Crippen LogP contribution in [0.2, 0.25) is 0 Å². The Morgan fingerprint density at radius 1 is 0.846 bits per heavy atom. The molecule has 4 heteroatoms. The van der Waals surface area contributed by atoms with Gasteiger partial charge in [-0.25, -0.2) is 0 Å². The molecule has 4 nitrogen and oxygen atoms in total. The summed E-state index contributed by atoms with van der Waals surface area (Å²) in [7, 11) is 3.93. The summed E-state index contributed by atoms with van der Waals surface area (Å²) in [5.41, 5.74) is 1.93. The van der Waals surface area contributed by atoms with Gasteiger partial charge in [-0.2, -0.15) is 0 Å². The molecule has 1 aliphatic heterocycles. The van der Waals surface area contributed by atoms with Crippen LogP contribution in [0.4, 0.5) is 11.4 Å². The second-order valence-corrected chi connectivity index (χ2v) is 6.64. The Hall–Kier alpha value is -3.11. The van der Waals surface area contributed by atoms with Crippen LogP contribution in [-0.2, 0) is 5.72 Å². The predicted molar refractivity (Wildman–Crippen MR) is 103 cm³/mol. The molecule has 1 amide bonds. The molecule has 0 aromatic heterocycles. The first-order valence-corrected chi connectivity index (χ1v) is 8.53. The molecule has 1 unspecified atom stereocenters. The average molecular weight is 344 g/mol. The highest BCUT2D eigenvalue weighted by Crippen LogP contribution is 2.44. The zero-order valence-electron chi connectivity index (χ0n) is 14.8. The van der Waals surface area contributed by atoms with E-state index in [4.69, 9.17) is 0 Å². The molecule has 0 radical (unpaired) electrons. The minimum absolute atomic E-state index is 0.203. The molecule has 3 aromatic carbocycles. The number of para-hydroxylation sites is 1. The van der Waals surface area contributed by atoms with Crippen molar-refractivity contribution in [1.29, 1.82) is 0 Å². The molecule has 26 heavy (non-hydrogen) atoms. The minimum atomic E-state index is -1.54. The average Bonchev–Trinajstić information content (AvgIpc) is 2.91. The van der Waals surface area contributed by atoms with Crippen LogP contribution in [-0.4, -0.2) is 25.1 Å². The number of nitrogens with zero attached hydrogens (tertiary/aromatic N) is 2.